The topological polar surface area (TPSA) is 34.1 Å². The van der Waals surface area contributed by atoms with Crippen molar-refractivity contribution in [1.82, 2.24) is 10.3 Å². The van der Waals surface area contributed by atoms with E-state index in [9.17, 15) is 0 Å². The van der Waals surface area contributed by atoms with E-state index in [1.165, 1.54) is 28.4 Å². The molecular formula is C13H22N2OS. The van der Waals surface area contributed by atoms with Crippen LogP contribution in [-0.4, -0.2) is 18.6 Å². The van der Waals surface area contributed by atoms with Crippen molar-refractivity contribution < 1.29 is 4.74 Å². The Morgan fingerprint density at radius 1 is 1.47 bits per heavy atom. The van der Waals surface area contributed by atoms with Crippen molar-refractivity contribution >= 4 is 11.3 Å². The van der Waals surface area contributed by atoms with Crippen molar-refractivity contribution in [3.05, 3.63) is 15.6 Å². The second-order valence-corrected chi connectivity index (χ2v) is 5.63. The van der Waals surface area contributed by atoms with Gasteiger partial charge in [0.25, 0.3) is 0 Å². The van der Waals surface area contributed by atoms with Crippen LogP contribution in [0.4, 0.5) is 0 Å². The number of hydrogen-bond donors (Lipinski definition) is 1. The molecule has 0 spiro atoms. The lowest BCUT2D eigenvalue weighted by atomic mass is 10.2. The highest BCUT2D eigenvalue weighted by Gasteiger charge is 2.35. The molecule has 96 valence electrons. The largest absolute Gasteiger partial charge is 0.371 e. The predicted molar refractivity (Wildman–Crippen MR) is 71.3 cm³/mol. The van der Waals surface area contributed by atoms with E-state index >= 15 is 0 Å². The van der Waals surface area contributed by atoms with Crippen LogP contribution in [-0.2, 0) is 17.7 Å². The van der Waals surface area contributed by atoms with Crippen molar-refractivity contribution in [3.8, 4) is 0 Å². The van der Waals surface area contributed by atoms with Gasteiger partial charge >= 0.3 is 0 Å². The second-order valence-electron chi connectivity index (χ2n) is 4.52. The van der Waals surface area contributed by atoms with Gasteiger partial charge in [-0.05, 0) is 39.2 Å². The summed E-state index contributed by atoms with van der Waals surface area (Å²) in [6.07, 6.45) is 3.86. The Bertz CT molecular complexity index is 360. The van der Waals surface area contributed by atoms with Crippen molar-refractivity contribution in [1.29, 1.82) is 0 Å². The minimum Gasteiger partial charge on any atom is -0.371 e. The van der Waals surface area contributed by atoms with Crippen molar-refractivity contribution in [3.63, 3.8) is 0 Å². The van der Waals surface area contributed by atoms with Gasteiger partial charge in [0.2, 0.25) is 0 Å². The molecule has 17 heavy (non-hydrogen) atoms. The second kappa shape index (κ2) is 5.94. The van der Waals surface area contributed by atoms with Gasteiger partial charge in [-0.3, -0.25) is 0 Å². The van der Waals surface area contributed by atoms with E-state index < -0.39 is 0 Å². The van der Waals surface area contributed by atoms with Gasteiger partial charge in [-0.15, -0.1) is 11.3 Å². The Morgan fingerprint density at radius 3 is 2.76 bits per heavy atom. The van der Waals surface area contributed by atoms with E-state index in [1.807, 2.05) is 18.4 Å². The summed E-state index contributed by atoms with van der Waals surface area (Å²) in [7, 11) is 1.99. The molecule has 0 aromatic carbocycles. The maximum atomic E-state index is 5.87. The summed E-state index contributed by atoms with van der Waals surface area (Å²) in [5.74, 6) is 0.716. The molecule has 1 aliphatic rings. The number of ether oxygens (including phenoxy) is 1. The molecule has 1 N–H and O–H groups in total. The number of thiazole rings is 1. The van der Waals surface area contributed by atoms with Crippen LogP contribution < -0.4 is 5.32 Å². The van der Waals surface area contributed by atoms with E-state index in [1.54, 1.807) is 0 Å². The van der Waals surface area contributed by atoms with E-state index in [0.717, 1.165) is 19.6 Å². The summed E-state index contributed by atoms with van der Waals surface area (Å²) in [6.45, 7) is 5.94. The Labute approximate surface area is 108 Å². The molecule has 1 aromatic heterocycles. The van der Waals surface area contributed by atoms with Gasteiger partial charge in [0.15, 0.2) is 0 Å². The number of aryl methyl sites for hydroxylation is 1. The van der Waals surface area contributed by atoms with Crippen LogP contribution in [0, 0.1) is 5.92 Å². The molecule has 1 heterocycles. The molecule has 1 saturated carbocycles. The molecule has 1 aliphatic carbocycles. The molecule has 1 fully saturated rings. The van der Waals surface area contributed by atoms with Gasteiger partial charge in [-0.25, -0.2) is 4.98 Å². The summed E-state index contributed by atoms with van der Waals surface area (Å²) in [6, 6.07) is 0. The first-order chi connectivity index (χ1) is 8.30. The normalized spacial score (nSPS) is 17.4. The lowest BCUT2D eigenvalue weighted by molar-refractivity contribution is 0.0461. The van der Waals surface area contributed by atoms with Gasteiger partial charge in [0.1, 0.15) is 11.1 Å². The van der Waals surface area contributed by atoms with Crippen LogP contribution in [0.5, 0.6) is 0 Å². The van der Waals surface area contributed by atoms with Crippen molar-refractivity contribution in [2.24, 2.45) is 5.92 Å². The summed E-state index contributed by atoms with van der Waals surface area (Å²) >= 11 is 1.83. The zero-order chi connectivity index (χ0) is 12.3. The summed E-state index contributed by atoms with van der Waals surface area (Å²) in [5, 5.41) is 4.41. The quantitative estimate of drug-likeness (QED) is 0.812. The molecule has 4 heteroatoms. The molecule has 0 bridgehead atoms. The SMILES string of the molecule is CCOC(c1nc(CC)c(CNC)s1)C1CC1. The third kappa shape index (κ3) is 3.06. The number of hydrogen-bond acceptors (Lipinski definition) is 4. The Hall–Kier alpha value is -0.450. The molecule has 1 aromatic rings. The first-order valence-corrected chi connectivity index (χ1v) is 7.36. The minimum absolute atomic E-state index is 0.251. The fourth-order valence-electron chi connectivity index (χ4n) is 2.09. The third-order valence-corrected chi connectivity index (χ3v) is 4.27. The molecule has 0 saturated heterocycles. The van der Waals surface area contributed by atoms with E-state index in [0.29, 0.717) is 5.92 Å². The van der Waals surface area contributed by atoms with Gasteiger partial charge < -0.3 is 10.1 Å². The standard InChI is InChI=1S/C13H22N2OS/c1-4-10-11(8-14-3)17-13(15-10)12(16-5-2)9-6-7-9/h9,12,14H,4-8H2,1-3H3. The number of aromatic nitrogens is 1. The van der Waals surface area contributed by atoms with Crippen molar-refractivity contribution in [2.75, 3.05) is 13.7 Å². The Morgan fingerprint density at radius 2 is 2.24 bits per heavy atom. The van der Waals surface area contributed by atoms with E-state index in [2.05, 4.69) is 19.2 Å². The number of nitrogens with zero attached hydrogens (tertiary/aromatic N) is 1. The fourth-order valence-corrected chi connectivity index (χ4v) is 3.40. The molecule has 2 rings (SSSR count). The molecule has 0 aliphatic heterocycles. The van der Waals surface area contributed by atoms with Crippen LogP contribution in [0.1, 0.15) is 48.4 Å². The average molecular weight is 254 g/mol. The summed E-state index contributed by atoms with van der Waals surface area (Å²) in [4.78, 5) is 6.15. The number of nitrogens with one attached hydrogen (secondary N) is 1. The van der Waals surface area contributed by atoms with E-state index in [4.69, 9.17) is 9.72 Å². The van der Waals surface area contributed by atoms with Crippen LogP contribution in [0.25, 0.3) is 0 Å². The van der Waals surface area contributed by atoms with E-state index in [-0.39, 0.29) is 6.10 Å². The summed E-state index contributed by atoms with van der Waals surface area (Å²) in [5.41, 5.74) is 1.24. The predicted octanol–water partition coefficient (Wildman–Crippen LogP) is 2.91. The fraction of sp³-hybridized carbons (Fsp3) is 0.769. The molecule has 1 atom stereocenters. The zero-order valence-electron chi connectivity index (χ0n) is 11.0. The number of rotatable bonds is 7. The molecule has 3 nitrogen and oxygen atoms in total. The monoisotopic (exact) mass is 254 g/mol. The molecule has 1 unspecified atom stereocenters. The Kier molecular flexibility index (Phi) is 4.54. The highest BCUT2D eigenvalue weighted by Crippen LogP contribution is 2.44. The Balaban J connectivity index is 2.17. The first kappa shape index (κ1) is 13.0. The first-order valence-electron chi connectivity index (χ1n) is 6.54. The van der Waals surface area contributed by atoms with Crippen LogP contribution >= 0.6 is 11.3 Å². The van der Waals surface area contributed by atoms with Gasteiger partial charge in [0, 0.05) is 18.0 Å². The lowest BCUT2D eigenvalue weighted by Gasteiger charge is -2.12. The molecule has 0 amide bonds. The molecular weight excluding hydrogens is 232 g/mol. The zero-order valence-corrected chi connectivity index (χ0v) is 11.8. The highest BCUT2D eigenvalue weighted by atomic mass is 32.1. The maximum absolute atomic E-state index is 5.87. The highest BCUT2D eigenvalue weighted by molar-refractivity contribution is 7.11. The summed E-state index contributed by atoms with van der Waals surface area (Å²) < 4.78 is 5.87. The smallest absolute Gasteiger partial charge is 0.122 e. The lowest BCUT2D eigenvalue weighted by Crippen LogP contribution is -2.06. The van der Waals surface area contributed by atoms with Gasteiger partial charge in [-0.2, -0.15) is 0 Å². The third-order valence-electron chi connectivity index (χ3n) is 3.11. The van der Waals surface area contributed by atoms with Crippen LogP contribution in [0.2, 0.25) is 0 Å². The maximum Gasteiger partial charge on any atom is 0.122 e. The minimum atomic E-state index is 0.251. The van der Waals surface area contributed by atoms with Crippen LogP contribution in [0.15, 0.2) is 0 Å². The van der Waals surface area contributed by atoms with Crippen molar-refractivity contribution in [2.45, 2.75) is 45.8 Å². The van der Waals surface area contributed by atoms with Crippen LogP contribution in [0.3, 0.4) is 0 Å². The van der Waals surface area contributed by atoms with Gasteiger partial charge in [0.05, 0.1) is 5.69 Å². The average Bonchev–Trinajstić information content (AvgIpc) is 3.08. The molecule has 0 radical (unpaired) electrons. The van der Waals surface area contributed by atoms with Gasteiger partial charge in [-0.1, -0.05) is 6.92 Å².